The van der Waals surface area contributed by atoms with E-state index >= 15 is 0 Å². The van der Waals surface area contributed by atoms with Gasteiger partial charge in [-0.25, -0.2) is 0 Å². The fourth-order valence-electron chi connectivity index (χ4n) is 4.07. The normalized spacial score (nSPS) is 11.1. The van der Waals surface area contributed by atoms with Crippen LogP contribution in [0.1, 0.15) is 25.0 Å². The van der Waals surface area contributed by atoms with Gasteiger partial charge in [-0.05, 0) is 36.1 Å². The van der Waals surface area contributed by atoms with E-state index in [2.05, 4.69) is 44.9 Å². The van der Waals surface area contributed by atoms with E-state index in [0.717, 1.165) is 46.0 Å². The first-order chi connectivity index (χ1) is 14.5. The van der Waals surface area contributed by atoms with Crippen LogP contribution in [0, 0.1) is 0 Å². The van der Waals surface area contributed by atoms with Crippen molar-refractivity contribution in [1.82, 2.24) is 20.6 Å². The third kappa shape index (κ3) is 3.94. The van der Waals surface area contributed by atoms with Gasteiger partial charge in [0.05, 0.1) is 11.4 Å². The lowest BCUT2D eigenvalue weighted by molar-refractivity contribution is -0.119. The molecule has 2 amide bonds. The van der Waals surface area contributed by atoms with Crippen LogP contribution in [0.4, 0.5) is 0 Å². The number of benzene rings is 2. The van der Waals surface area contributed by atoms with Crippen molar-refractivity contribution < 1.29 is 9.59 Å². The summed E-state index contributed by atoms with van der Waals surface area (Å²) in [5, 5.41) is 8.12. The van der Waals surface area contributed by atoms with Crippen molar-refractivity contribution in [3.05, 3.63) is 59.7 Å². The lowest BCUT2D eigenvalue weighted by Gasteiger charge is -2.08. The van der Waals surface area contributed by atoms with Crippen LogP contribution in [0.2, 0.25) is 0 Å². The molecule has 0 aliphatic heterocycles. The average molecular weight is 402 g/mol. The number of carbonyl (C=O) groups is 2. The highest BCUT2D eigenvalue weighted by Gasteiger charge is 2.19. The molecule has 0 aliphatic rings. The maximum atomic E-state index is 11.4. The van der Waals surface area contributed by atoms with Crippen LogP contribution < -0.4 is 10.6 Å². The molecule has 0 bridgehead atoms. The number of hydrogen-bond donors (Lipinski definition) is 4. The Morgan fingerprint density at radius 1 is 0.700 bits per heavy atom. The van der Waals surface area contributed by atoms with Crippen molar-refractivity contribution in [2.24, 2.45) is 0 Å². The summed E-state index contributed by atoms with van der Waals surface area (Å²) in [5.74, 6) is -0.0593. The molecule has 0 aliphatic carbocycles. The van der Waals surface area contributed by atoms with Crippen LogP contribution in [0.25, 0.3) is 33.2 Å². The van der Waals surface area contributed by atoms with Gasteiger partial charge in [-0.15, -0.1) is 0 Å². The van der Waals surface area contributed by atoms with Crippen LogP contribution in [-0.2, 0) is 22.4 Å². The van der Waals surface area contributed by atoms with E-state index < -0.39 is 0 Å². The second kappa shape index (κ2) is 8.45. The van der Waals surface area contributed by atoms with Crippen molar-refractivity contribution in [2.45, 2.75) is 26.7 Å². The topological polar surface area (TPSA) is 89.8 Å². The number of H-pyrrole nitrogens is 2. The fourth-order valence-corrected chi connectivity index (χ4v) is 4.07. The summed E-state index contributed by atoms with van der Waals surface area (Å²) < 4.78 is 0. The van der Waals surface area contributed by atoms with E-state index in [9.17, 15) is 9.59 Å². The molecule has 0 spiro atoms. The minimum absolute atomic E-state index is 0.0296. The highest BCUT2D eigenvalue weighted by molar-refractivity contribution is 5.96. The third-order valence-electron chi connectivity index (χ3n) is 5.38. The Bertz CT molecular complexity index is 1120. The van der Waals surface area contributed by atoms with Gasteiger partial charge in [0.1, 0.15) is 0 Å². The molecular formula is C24H26N4O2. The molecule has 0 fully saturated rings. The average Bonchev–Trinajstić information content (AvgIpc) is 3.26. The van der Waals surface area contributed by atoms with E-state index in [1.807, 2.05) is 24.3 Å². The van der Waals surface area contributed by atoms with E-state index in [1.165, 1.54) is 25.0 Å². The number of para-hydroxylation sites is 2. The van der Waals surface area contributed by atoms with E-state index in [-0.39, 0.29) is 11.8 Å². The zero-order valence-corrected chi connectivity index (χ0v) is 17.3. The molecule has 0 saturated carbocycles. The Morgan fingerprint density at radius 3 is 1.50 bits per heavy atom. The van der Waals surface area contributed by atoms with Gasteiger partial charge in [0.15, 0.2) is 0 Å². The number of nitrogens with one attached hydrogen (secondary N) is 4. The van der Waals surface area contributed by atoms with Crippen LogP contribution in [0.5, 0.6) is 0 Å². The fraction of sp³-hybridized carbons (Fsp3) is 0.250. The number of aromatic nitrogens is 2. The summed E-state index contributed by atoms with van der Waals surface area (Å²) in [5.41, 5.74) is 6.55. The molecule has 0 radical (unpaired) electrons. The van der Waals surface area contributed by atoms with Gasteiger partial charge >= 0.3 is 0 Å². The van der Waals surface area contributed by atoms with Crippen molar-refractivity contribution >= 4 is 33.6 Å². The summed E-state index contributed by atoms with van der Waals surface area (Å²) in [6.45, 7) is 4.22. The Hall–Kier alpha value is -3.54. The summed E-state index contributed by atoms with van der Waals surface area (Å²) in [7, 11) is 0. The lowest BCUT2D eigenvalue weighted by atomic mass is 10.0. The Labute approximate surface area is 175 Å². The van der Waals surface area contributed by atoms with E-state index in [4.69, 9.17) is 0 Å². The molecule has 4 rings (SSSR count). The van der Waals surface area contributed by atoms with Crippen molar-refractivity contribution in [2.75, 3.05) is 13.1 Å². The molecule has 2 heterocycles. The molecule has 6 heteroatoms. The first-order valence-electron chi connectivity index (χ1n) is 10.2. The Kier molecular flexibility index (Phi) is 5.57. The highest BCUT2D eigenvalue weighted by atomic mass is 16.1. The number of aromatic amines is 2. The van der Waals surface area contributed by atoms with Crippen molar-refractivity contribution in [3.8, 4) is 11.4 Å². The van der Waals surface area contributed by atoms with Gasteiger partial charge < -0.3 is 20.6 Å². The molecule has 6 nitrogen and oxygen atoms in total. The lowest BCUT2D eigenvalue weighted by Crippen LogP contribution is -2.23. The van der Waals surface area contributed by atoms with Gasteiger partial charge in [-0.1, -0.05) is 36.4 Å². The van der Waals surface area contributed by atoms with E-state index in [0.29, 0.717) is 13.1 Å². The maximum absolute atomic E-state index is 11.4. The van der Waals surface area contributed by atoms with Gasteiger partial charge in [0, 0.05) is 48.7 Å². The molecule has 0 unspecified atom stereocenters. The summed E-state index contributed by atoms with van der Waals surface area (Å²) in [4.78, 5) is 29.9. The monoisotopic (exact) mass is 402 g/mol. The zero-order chi connectivity index (χ0) is 21.1. The summed E-state index contributed by atoms with van der Waals surface area (Å²) >= 11 is 0. The van der Waals surface area contributed by atoms with Gasteiger partial charge in [0.2, 0.25) is 11.8 Å². The first kappa shape index (κ1) is 19.8. The Morgan fingerprint density at radius 2 is 1.10 bits per heavy atom. The predicted octanol–water partition coefficient (Wildman–Crippen LogP) is 3.67. The molecule has 30 heavy (non-hydrogen) atoms. The minimum atomic E-state index is -0.0296. The largest absolute Gasteiger partial charge is 0.356 e. The van der Waals surface area contributed by atoms with E-state index in [1.54, 1.807) is 0 Å². The predicted molar refractivity (Wildman–Crippen MR) is 120 cm³/mol. The first-order valence-corrected chi connectivity index (χ1v) is 10.2. The number of carbonyl (C=O) groups excluding carboxylic acids is 2. The van der Waals surface area contributed by atoms with Crippen LogP contribution in [0.15, 0.2) is 48.5 Å². The molecule has 0 atom stereocenters. The Balaban J connectivity index is 1.82. The maximum Gasteiger partial charge on any atom is 0.216 e. The van der Waals surface area contributed by atoms with Gasteiger partial charge in [-0.3, -0.25) is 9.59 Å². The molecule has 4 aromatic rings. The zero-order valence-electron chi connectivity index (χ0n) is 17.3. The SMILES string of the molecule is CC(=O)NCCc1c(-c2[nH]c3ccccc3c2CCNC(C)=O)[nH]c2ccccc12. The number of fused-ring (bicyclic) bond motifs is 2. The van der Waals surface area contributed by atoms with Gasteiger partial charge in [-0.2, -0.15) is 0 Å². The standard InChI is InChI=1S/C24H26N4O2/c1-15(29)25-13-11-19-17-7-3-5-9-21(17)27-23(19)24-20(12-14-26-16(2)30)18-8-4-6-10-22(18)28-24/h3-10,27-28H,11-14H2,1-2H3,(H,25,29)(H,26,30). The van der Waals surface area contributed by atoms with Crippen molar-refractivity contribution in [3.63, 3.8) is 0 Å². The number of amides is 2. The van der Waals surface area contributed by atoms with Crippen molar-refractivity contribution in [1.29, 1.82) is 0 Å². The molecule has 2 aromatic carbocycles. The third-order valence-corrected chi connectivity index (χ3v) is 5.38. The molecule has 154 valence electrons. The second-order valence-electron chi connectivity index (χ2n) is 7.51. The summed E-state index contributed by atoms with van der Waals surface area (Å²) in [6, 6.07) is 16.5. The molecule has 0 saturated heterocycles. The second-order valence-corrected chi connectivity index (χ2v) is 7.51. The van der Waals surface area contributed by atoms with Crippen LogP contribution >= 0.6 is 0 Å². The molecule has 4 N–H and O–H groups in total. The smallest absolute Gasteiger partial charge is 0.216 e. The minimum Gasteiger partial charge on any atom is -0.356 e. The highest BCUT2D eigenvalue weighted by Crippen LogP contribution is 2.35. The summed E-state index contributed by atoms with van der Waals surface area (Å²) in [6.07, 6.45) is 1.44. The quantitative estimate of drug-likeness (QED) is 0.380. The number of hydrogen-bond acceptors (Lipinski definition) is 2. The number of rotatable bonds is 7. The van der Waals surface area contributed by atoms with Crippen LogP contribution in [0.3, 0.4) is 0 Å². The van der Waals surface area contributed by atoms with Gasteiger partial charge in [0.25, 0.3) is 0 Å². The van der Waals surface area contributed by atoms with Crippen LogP contribution in [-0.4, -0.2) is 34.9 Å². The molecular weight excluding hydrogens is 376 g/mol. The molecule has 2 aromatic heterocycles.